The highest BCUT2D eigenvalue weighted by molar-refractivity contribution is 7.09. The highest BCUT2D eigenvalue weighted by Gasteiger charge is 2.12. The molecule has 0 saturated heterocycles. The number of aromatic nitrogens is 1. The average Bonchev–Trinajstić information content (AvgIpc) is 2.90. The van der Waals surface area contributed by atoms with Crippen LogP contribution >= 0.6 is 11.3 Å². The van der Waals surface area contributed by atoms with Gasteiger partial charge in [0.25, 0.3) is 5.91 Å². The molecule has 21 heavy (non-hydrogen) atoms. The van der Waals surface area contributed by atoms with Gasteiger partial charge in [0.2, 0.25) is 5.91 Å². The SMILES string of the molecule is Cc1nc(CN(C)C(=O)CNC(=O)c2ccccc2)cs1. The van der Waals surface area contributed by atoms with Crippen LogP contribution in [0.15, 0.2) is 35.7 Å². The van der Waals surface area contributed by atoms with Gasteiger partial charge in [-0.2, -0.15) is 0 Å². The number of nitrogens with one attached hydrogen (secondary N) is 1. The molecule has 2 rings (SSSR count). The lowest BCUT2D eigenvalue weighted by molar-refractivity contribution is -0.129. The Kier molecular flexibility index (Phi) is 5.05. The van der Waals surface area contributed by atoms with Gasteiger partial charge in [0.15, 0.2) is 0 Å². The van der Waals surface area contributed by atoms with Crippen molar-refractivity contribution in [1.82, 2.24) is 15.2 Å². The molecule has 6 heteroatoms. The molecule has 0 bridgehead atoms. The molecule has 0 unspecified atom stereocenters. The number of hydrogen-bond acceptors (Lipinski definition) is 4. The monoisotopic (exact) mass is 303 g/mol. The van der Waals surface area contributed by atoms with E-state index >= 15 is 0 Å². The minimum Gasteiger partial charge on any atom is -0.343 e. The second-order valence-electron chi connectivity index (χ2n) is 4.66. The zero-order chi connectivity index (χ0) is 15.2. The second-order valence-corrected chi connectivity index (χ2v) is 5.72. The summed E-state index contributed by atoms with van der Waals surface area (Å²) in [5, 5.41) is 5.53. The summed E-state index contributed by atoms with van der Waals surface area (Å²) in [4.78, 5) is 29.7. The van der Waals surface area contributed by atoms with E-state index in [4.69, 9.17) is 0 Å². The normalized spacial score (nSPS) is 10.2. The minimum absolute atomic E-state index is 0.0205. The molecule has 1 aromatic heterocycles. The van der Waals surface area contributed by atoms with E-state index in [0.717, 1.165) is 10.7 Å². The Balaban J connectivity index is 1.82. The predicted octanol–water partition coefficient (Wildman–Crippen LogP) is 1.84. The van der Waals surface area contributed by atoms with E-state index in [1.165, 1.54) is 0 Å². The maximum atomic E-state index is 12.0. The second kappa shape index (κ2) is 6.99. The van der Waals surface area contributed by atoms with Crippen LogP contribution in [-0.2, 0) is 11.3 Å². The maximum Gasteiger partial charge on any atom is 0.251 e. The van der Waals surface area contributed by atoms with Crippen LogP contribution in [0, 0.1) is 6.92 Å². The van der Waals surface area contributed by atoms with E-state index in [1.54, 1.807) is 47.5 Å². The molecule has 0 radical (unpaired) electrons. The van der Waals surface area contributed by atoms with Crippen LogP contribution in [0.25, 0.3) is 0 Å². The lowest BCUT2D eigenvalue weighted by Gasteiger charge is -2.16. The van der Waals surface area contributed by atoms with Crippen molar-refractivity contribution in [2.75, 3.05) is 13.6 Å². The number of nitrogens with zero attached hydrogens (tertiary/aromatic N) is 2. The van der Waals surface area contributed by atoms with Crippen molar-refractivity contribution in [3.8, 4) is 0 Å². The maximum absolute atomic E-state index is 12.0. The van der Waals surface area contributed by atoms with Crippen LogP contribution in [0.4, 0.5) is 0 Å². The third kappa shape index (κ3) is 4.39. The summed E-state index contributed by atoms with van der Waals surface area (Å²) in [5.41, 5.74) is 1.41. The number of carbonyl (C=O) groups is 2. The largest absolute Gasteiger partial charge is 0.343 e. The number of carbonyl (C=O) groups excluding carboxylic acids is 2. The molecule has 110 valence electrons. The summed E-state index contributed by atoms with van der Waals surface area (Å²) in [6.07, 6.45) is 0. The lowest BCUT2D eigenvalue weighted by Crippen LogP contribution is -2.37. The average molecular weight is 303 g/mol. The first kappa shape index (κ1) is 15.2. The summed E-state index contributed by atoms with van der Waals surface area (Å²) in [7, 11) is 1.70. The summed E-state index contributed by atoms with van der Waals surface area (Å²) in [5.74, 6) is -0.396. The van der Waals surface area contributed by atoms with Gasteiger partial charge in [-0.1, -0.05) is 18.2 Å². The Morgan fingerprint density at radius 1 is 1.29 bits per heavy atom. The van der Waals surface area contributed by atoms with Crippen molar-refractivity contribution in [2.24, 2.45) is 0 Å². The van der Waals surface area contributed by atoms with Crippen molar-refractivity contribution in [1.29, 1.82) is 0 Å². The molecule has 2 amide bonds. The van der Waals surface area contributed by atoms with Crippen LogP contribution < -0.4 is 5.32 Å². The lowest BCUT2D eigenvalue weighted by atomic mass is 10.2. The van der Waals surface area contributed by atoms with Gasteiger partial charge in [-0.05, 0) is 19.1 Å². The van der Waals surface area contributed by atoms with Gasteiger partial charge in [-0.3, -0.25) is 9.59 Å². The fraction of sp³-hybridized carbons (Fsp3) is 0.267. The molecular weight excluding hydrogens is 286 g/mol. The van der Waals surface area contributed by atoms with Crippen LogP contribution in [-0.4, -0.2) is 35.3 Å². The zero-order valence-electron chi connectivity index (χ0n) is 12.0. The predicted molar refractivity (Wildman–Crippen MR) is 82.1 cm³/mol. The highest BCUT2D eigenvalue weighted by Crippen LogP contribution is 2.09. The summed E-state index contributed by atoms with van der Waals surface area (Å²) < 4.78 is 0. The third-order valence-corrected chi connectivity index (χ3v) is 3.75. The summed E-state index contributed by atoms with van der Waals surface area (Å²) in [6.45, 7) is 2.35. The van der Waals surface area contributed by atoms with Crippen LogP contribution in [0.2, 0.25) is 0 Å². The molecule has 0 spiro atoms. The molecule has 1 N–H and O–H groups in total. The number of amides is 2. The number of hydrogen-bond donors (Lipinski definition) is 1. The van der Waals surface area contributed by atoms with E-state index in [9.17, 15) is 9.59 Å². The van der Waals surface area contributed by atoms with E-state index in [1.807, 2.05) is 18.4 Å². The Bertz CT molecular complexity index is 625. The first-order chi connectivity index (χ1) is 10.1. The fourth-order valence-electron chi connectivity index (χ4n) is 1.79. The number of rotatable bonds is 5. The molecule has 0 aliphatic rings. The van der Waals surface area contributed by atoms with Crippen molar-refractivity contribution >= 4 is 23.2 Å². The van der Waals surface area contributed by atoms with Gasteiger partial charge in [0, 0.05) is 18.0 Å². The van der Waals surface area contributed by atoms with Gasteiger partial charge < -0.3 is 10.2 Å². The number of thiazole rings is 1. The molecule has 0 aliphatic carbocycles. The van der Waals surface area contributed by atoms with Gasteiger partial charge in [-0.25, -0.2) is 4.98 Å². The Labute approximate surface area is 127 Å². The van der Waals surface area contributed by atoms with Crippen molar-refractivity contribution in [2.45, 2.75) is 13.5 Å². The summed E-state index contributed by atoms with van der Waals surface area (Å²) in [6, 6.07) is 8.83. The van der Waals surface area contributed by atoms with E-state index in [0.29, 0.717) is 12.1 Å². The van der Waals surface area contributed by atoms with Crippen molar-refractivity contribution in [3.63, 3.8) is 0 Å². The first-order valence-electron chi connectivity index (χ1n) is 6.54. The van der Waals surface area contributed by atoms with Gasteiger partial charge in [0.1, 0.15) is 0 Å². The molecular formula is C15H17N3O2S. The molecule has 0 fully saturated rings. The number of benzene rings is 1. The Morgan fingerprint density at radius 2 is 2.00 bits per heavy atom. The standard InChI is InChI=1S/C15H17N3O2S/c1-11-17-13(10-21-11)9-18(2)14(19)8-16-15(20)12-6-4-3-5-7-12/h3-7,10H,8-9H2,1-2H3,(H,16,20). The summed E-state index contributed by atoms with van der Waals surface area (Å²) >= 11 is 1.55. The molecule has 0 atom stereocenters. The zero-order valence-corrected chi connectivity index (χ0v) is 12.8. The van der Waals surface area contributed by atoms with E-state index in [2.05, 4.69) is 10.3 Å². The molecule has 5 nitrogen and oxygen atoms in total. The third-order valence-electron chi connectivity index (χ3n) is 2.93. The number of likely N-dealkylation sites (N-methyl/N-ethyl adjacent to an activating group) is 1. The number of aryl methyl sites for hydroxylation is 1. The van der Waals surface area contributed by atoms with Gasteiger partial charge in [-0.15, -0.1) is 11.3 Å². The van der Waals surface area contributed by atoms with Crippen LogP contribution in [0.5, 0.6) is 0 Å². The molecule has 1 aromatic carbocycles. The Hall–Kier alpha value is -2.21. The Morgan fingerprint density at radius 3 is 2.62 bits per heavy atom. The van der Waals surface area contributed by atoms with E-state index in [-0.39, 0.29) is 18.4 Å². The first-order valence-corrected chi connectivity index (χ1v) is 7.42. The quantitative estimate of drug-likeness (QED) is 0.917. The van der Waals surface area contributed by atoms with Crippen molar-refractivity contribution in [3.05, 3.63) is 52.0 Å². The molecule has 0 aliphatic heterocycles. The molecule has 2 aromatic rings. The van der Waals surface area contributed by atoms with Crippen LogP contribution in [0.1, 0.15) is 21.1 Å². The molecule has 1 heterocycles. The van der Waals surface area contributed by atoms with Crippen LogP contribution in [0.3, 0.4) is 0 Å². The topological polar surface area (TPSA) is 62.3 Å². The molecule has 0 saturated carbocycles. The van der Waals surface area contributed by atoms with Gasteiger partial charge in [0.05, 0.1) is 23.8 Å². The van der Waals surface area contributed by atoms with Gasteiger partial charge >= 0.3 is 0 Å². The highest BCUT2D eigenvalue weighted by atomic mass is 32.1. The smallest absolute Gasteiger partial charge is 0.251 e. The van der Waals surface area contributed by atoms with E-state index < -0.39 is 0 Å². The minimum atomic E-state index is -0.248. The fourth-order valence-corrected chi connectivity index (χ4v) is 2.40. The van der Waals surface area contributed by atoms with Crippen molar-refractivity contribution < 1.29 is 9.59 Å².